The van der Waals surface area contributed by atoms with Crippen LogP contribution in [0.15, 0.2) is 24.3 Å². The van der Waals surface area contributed by atoms with Crippen LogP contribution >= 0.6 is 0 Å². The molecular formula is C17H26N2O3. The minimum absolute atomic E-state index is 0.0216. The second-order valence-electron chi connectivity index (χ2n) is 5.82. The highest BCUT2D eigenvalue weighted by Crippen LogP contribution is 2.25. The fourth-order valence-electron chi connectivity index (χ4n) is 2.70. The van der Waals surface area contributed by atoms with Gasteiger partial charge in [-0.25, -0.2) is 0 Å². The first-order valence-electron chi connectivity index (χ1n) is 7.90. The lowest BCUT2D eigenvalue weighted by atomic mass is 9.94. The number of amides is 1. The molecule has 1 amide bonds. The van der Waals surface area contributed by atoms with Crippen molar-refractivity contribution < 1.29 is 14.3 Å². The smallest absolute Gasteiger partial charge is 0.257 e. The fraction of sp³-hybridized carbons (Fsp3) is 0.588. The Kier molecular flexibility index (Phi) is 6.52. The van der Waals surface area contributed by atoms with Crippen LogP contribution in [0.25, 0.3) is 0 Å². The molecule has 1 fully saturated rings. The number of piperidine rings is 1. The van der Waals surface area contributed by atoms with Gasteiger partial charge in [-0.15, -0.1) is 0 Å². The van der Waals surface area contributed by atoms with Gasteiger partial charge < -0.3 is 19.7 Å². The molecule has 2 rings (SSSR count). The summed E-state index contributed by atoms with van der Waals surface area (Å²) in [5.41, 5.74) is 0. The first kappa shape index (κ1) is 16.6. The summed E-state index contributed by atoms with van der Waals surface area (Å²) in [7, 11) is 3.75. The number of likely N-dealkylation sites (tertiary alicyclic amines) is 1. The van der Waals surface area contributed by atoms with E-state index >= 15 is 0 Å². The van der Waals surface area contributed by atoms with E-state index in [-0.39, 0.29) is 12.5 Å². The molecule has 1 aliphatic rings. The maximum Gasteiger partial charge on any atom is 0.257 e. The van der Waals surface area contributed by atoms with Gasteiger partial charge in [0.15, 0.2) is 18.1 Å². The van der Waals surface area contributed by atoms with Gasteiger partial charge in [0.25, 0.3) is 5.91 Å². The Bertz CT molecular complexity index is 471. The van der Waals surface area contributed by atoms with Crippen molar-refractivity contribution in [2.75, 3.05) is 40.4 Å². The molecule has 1 saturated heterocycles. The largest absolute Gasteiger partial charge is 0.493 e. The number of methoxy groups -OCH3 is 1. The number of nitrogens with zero attached hydrogens (tertiary/aromatic N) is 1. The number of benzene rings is 1. The topological polar surface area (TPSA) is 50.8 Å². The first-order valence-corrected chi connectivity index (χ1v) is 7.90. The van der Waals surface area contributed by atoms with E-state index in [0.717, 1.165) is 32.0 Å². The van der Waals surface area contributed by atoms with Crippen LogP contribution < -0.4 is 14.8 Å². The number of ether oxygens (including phenoxy) is 2. The highest BCUT2D eigenvalue weighted by Gasteiger charge is 2.16. The first-order chi connectivity index (χ1) is 10.7. The lowest BCUT2D eigenvalue weighted by Gasteiger charge is -2.28. The Labute approximate surface area is 132 Å². The lowest BCUT2D eigenvalue weighted by Crippen LogP contribution is -2.34. The van der Waals surface area contributed by atoms with Crippen LogP contribution in [0.4, 0.5) is 0 Å². The van der Waals surface area contributed by atoms with Gasteiger partial charge in [-0.2, -0.15) is 0 Å². The van der Waals surface area contributed by atoms with Crippen LogP contribution in [-0.4, -0.2) is 51.2 Å². The third-order valence-corrected chi connectivity index (χ3v) is 4.14. The van der Waals surface area contributed by atoms with E-state index in [9.17, 15) is 4.79 Å². The molecule has 0 aromatic heterocycles. The normalized spacial score (nSPS) is 16.3. The fourth-order valence-corrected chi connectivity index (χ4v) is 2.70. The summed E-state index contributed by atoms with van der Waals surface area (Å²) in [6.45, 7) is 3.07. The van der Waals surface area contributed by atoms with E-state index in [1.54, 1.807) is 13.2 Å². The zero-order valence-corrected chi connectivity index (χ0v) is 13.5. The summed E-state index contributed by atoms with van der Waals surface area (Å²) in [6, 6.07) is 7.33. The van der Waals surface area contributed by atoms with E-state index < -0.39 is 0 Å². The summed E-state index contributed by atoms with van der Waals surface area (Å²) in [5.74, 6) is 1.88. The van der Waals surface area contributed by atoms with Crippen LogP contribution in [0, 0.1) is 5.92 Å². The molecule has 0 saturated carbocycles. The van der Waals surface area contributed by atoms with Gasteiger partial charge in [0.1, 0.15) is 0 Å². The van der Waals surface area contributed by atoms with E-state index in [1.807, 2.05) is 18.2 Å². The van der Waals surface area contributed by atoms with Crippen LogP contribution in [0.1, 0.15) is 19.3 Å². The Balaban J connectivity index is 1.64. The molecule has 0 spiro atoms. The summed E-state index contributed by atoms with van der Waals surface area (Å²) in [5, 5.41) is 2.93. The lowest BCUT2D eigenvalue weighted by molar-refractivity contribution is -0.123. The number of nitrogens with one attached hydrogen (secondary N) is 1. The zero-order chi connectivity index (χ0) is 15.8. The third kappa shape index (κ3) is 5.22. The summed E-state index contributed by atoms with van der Waals surface area (Å²) in [4.78, 5) is 14.2. The van der Waals surface area contributed by atoms with Crippen molar-refractivity contribution >= 4 is 5.91 Å². The van der Waals surface area contributed by atoms with Crippen molar-refractivity contribution in [3.05, 3.63) is 24.3 Å². The van der Waals surface area contributed by atoms with Gasteiger partial charge in [-0.05, 0) is 57.5 Å². The molecule has 0 radical (unpaired) electrons. The average molecular weight is 306 g/mol. The average Bonchev–Trinajstić information content (AvgIpc) is 2.55. The van der Waals surface area contributed by atoms with Crippen molar-refractivity contribution in [1.82, 2.24) is 10.2 Å². The van der Waals surface area contributed by atoms with Crippen LogP contribution in [0.5, 0.6) is 11.5 Å². The van der Waals surface area contributed by atoms with E-state index in [2.05, 4.69) is 17.3 Å². The number of para-hydroxylation sites is 2. The van der Waals surface area contributed by atoms with Gasteiger partial charge >= 0.3 is 0 Å². The highest BCUT2D eigenvalue weighted by molar-refractivity contribution is 5.77. The van der Waals surface area contributed by atoms with E-state index in [4.69, 9.17) is 9.47 Å². The van der Waals surface area contributed by atoms with Crippen molar-refractivity contribution in [3.63, 3.8) is 0 Å². The Hall–Kier alpha value is -1.75. The van der Waals surface area contributed by atoms with Gasteiger partial charge in [-0.3, -0.25) is 4.79 Å². The second kappa shape index (κ2) is 8.63. The predicted octanol–water partition coefficient (Wildman–Crippen LogP) is 1.92. The van der Waals surface area contributed by atoms with E-state index in [1.165, 1.54) is 12.8 Å². The number of carbonyl (C=O) groups is 1. The second-order valence-corrected chi connectivity index (χ2v) is 5.82. The van der Waals surface area contributed by atoms with Gasteiger partial charge in [-0.1, -0.05) is 12.1 Å². The molecule has 1 N–H and O–H groups in total. The molecule has 22 heavy (non-hydrogen) atoms. The molecule has 5 heteroatoms. The molecule has 122 valence electrons. The number of rotatable bonds is 7. The molecule has 0 unspecified atom stereocenters. The third-order valence-electron chi connectivity index (χ3n) is 4.14. The minimum Gasteiger partial charge on any atom is -0.493 e. The molecule has 0 aliphatic carbocycles. The molecule has 1 aromatic carbocycles. The monoisotopic (exact) mass is 306 g/mol. The molecule has 1 aromatic rings. The zero-order valence-electron chi connectivity index (χ0n) is 13.5. The van der Waals surface area contributed by atoms with Crippen molar-refractivity contribution in [2.45, 2.75) is 19.3 Å². The molecule has 0 atom stereocenters. The molecule has 1 aliphatic heterocycles. The van der Waals surface area contributed by atoms with Crippen molar-refractivity contribution in [2.24, 2.45) is 5.92 Å². The predicted molar refractivity (Wildman–Crippen MR) is 86.3 cm³/mol. The van der Waals surface area contributed by atoms with Crippen LogP contribution in [-0.2, 0) is 4.79 Å². The summed E-state index contributed by atoms with van der Waals surface area (Å²) >= 11 is 0. The number of carbonyl (C=O) groups excluding carboxylic acids is 1. The Morgan fingerprint density at radius 1 is 1.27 bits per heavy atom. The molecule has 1 heterocycles. The standard InChI is InChI=1S/C17H26N2O3/c1-19-11-8-14(9-12-19)7-10-18-17(20)13-22-16-6-4-3-5-15(16)21-2/h3-6,14H,7-13H2,1-2H3,(H,18,20). The maximum atomic E-state index is 11.8. The molecule has 5 nitrogen and oxygen atoms in total. The Morgan fingerprint density at radius 2 is 1.95 bits per heavy atom. The minimum atomic E-state index is -0.0844. The number of hydrogen-bond acceptors (Lipinski definition) is 4. The Morgan fingerprint density at radius 3 is 2.64 bits per heavy atom. The quantitative estimate of drug-likeness (QED) is 0.836. The SMILES string of the molecule is COc1ccccc1OCC(=O)NCCC1CCN(C)CC1. The van der Waals surface area contributed by atoms with Gasteiger partial charge in [0.2, 0.25) is 0 Å². The van der Waals surface area contributed by atoms with Gasteiger partial charge in [0, 0.05) is 6.54 Å². The number of hydrogen-bond donors (Lipinski definition) is 1. The van der Waals surface area contributed by atoms with Crippen molar-refractivity contribution in [1.29, 1.82) is 0 Å². The summed E-state index contributed by atoms with van der Waals surface area (Å²) in [6.07, 6.45) is 3.50. The van der Waals surface area contributed by atoms with E-state index in [0.29, 0.717) is 11.5 Å². The highest BCUT2D eigenvalue weighted by atomic mass is 16.5. The maximum absolute atomic E-state index is 11.8. The molecular weight excluding hydrogens is 280 g/mol. The van der Waals surface area contributed by atoms with Crippen LogP contribution in [0.2, 0.25) is 0 Å². The van der Waals surface area contributed by atoms with Gasteiger partial charge in [0.05, 0.1) is 7.11 Å². The van der Waals surface area contributed by atoms with Crippen LogP contribution in [0.3, 0.4) is 0 Å². The van der Waals surface area contributed by atoms with Crippen molar-refractivity contribution in [3.8, 4) is 11.5 Å². The molecule has 0 bridgehead atoms. The summed E-state index contributed by atoms with van der Waals surface area (Å²) < 4.78 is 10.7.